The largest absolute Gasteiger partial charge is 0.327 e. The van der Waals surface area contributed by atoms with Crippen LogP contribution in [-0.4, -0.2) is 29.6 Å². The van der Waals surface area contributed by atoms with Crippen molar-refractivity contribution in [1.29, 1.82) is 0 Å². The highest BCUT2D eigenvalue weighted by Gasteiger charge is 2.56. The summed E-state index contributed by atoms with van der Waals surface area (Å²) in [4.78, 5) is 2.68. The minimum atomic E-state index is 0.440. The van der Waals surface area contributed by atoms with Crippen LogP contribution in [0.5, 0.6) is 0 Å². The number of rotatable bonds is 4. The molecule has 0 bridgehead atoms. The van der Waals surface area contributed by atoms with E-state index in [4.69, 9.17) is 5.73 Å². The Morgan fingerprint density at radius 3 is 2.40 bits per heavy atom. The molecule has 0 amide bonds. The normalized spacial score (nSPS) is 33.2. The molecule has 2 heteroatoms. The smallest absolute Gasteiger partial charge is 0.0179 e. The summed E-state index contributed by atoms with van der Waals surface area (Å²) in [7, 11) is 0. The molecule has 2 aliphatic rings. The summed E-state index contributed by atoms with van der Waals surface area (Å²) < 4.78 is 0. The highest BCUT2D eigenvalue weighted by atomic mass is 15.3. The fourth-order valence-corrected chi connectivity index (χ4v) is 3.30. The van der Waals surface area contributed by atoms with Gasteiger partial charge in [0.05, 0.1) is 0 Å². The van der Waals surface area contributed by atoms with Crippen molar-refractivity contribution in [1.82, 2.24) is 4.90 Å². The molecular formula is C13H26N2. The average molecular weight is 210 g/mol. The molecule has 1 aliphatic carbocycles. The highest BCUT2D eigenvalue weighted by molar-refractivity contribution is 5.11. The Labute approximate surface area is 94.2 Å². The molecule has 1 saturated carbocycles. The van der Waals surface area contributed by atoms with E-state index in [1.54, 1.807) is 0 Å². The number of hydrogen-bond donors (Lipinski definition) is 1. The van der Waals surface area contributed by atoms with Gasteiger partial charge in [0.25, 0.3) is 0 Å². The molecular weight excluding hydrogens is 184 g/mol. The summed E-state index contributed by atoms with van der Waals surface area (Å²) >= 11 is 0. The summed E-state index contributed by atoms with van der Waals surface area (Å²) in [5.74, 6) is 0. The first-order chi connectivity index (χ1) is 7.06. The van der Waals surface area contributed by atoms with Gasteiger partial charge in [-0.25, -0.2) is 0 Å². The van der Waals surface area contributed by atoms with E-state index in [2.05, 4.69) is 25.7 Å². The fourth-order valence-electron chi connectivity index (χ4n) is 3.30. The van der Waals surface area contributed by atoms with Gasteiger partial charge in [-0.15, -0.1) is 0 Å². The molecule has 0 aromatic carbocycles. The number of nitrogens with two attached hydrogens (primary N) is 1. The van der Waals surface area contributed by atoms with E-state index in [9.17, 15) is 0 Å². The van der Waals surface area contributed by atoms with Crippen molar-refractivity contribution >= 4 is 0 Å². The standard InChI is InChI=1S/C13H26N2/c1-4-7-12(3,5-2)15-9-13(10-15)8-6-11(13)14/h11H,4-10,14H2,1-3H3/t11-,12?/m1/s1. The van der Waals surface area contributed by atoms with Crippen LogP contribution in [0.1, 0.15) is 52.9 Å². The molecule has 2 fully saturated rings. The lowest BCUT2D eigenvalue weighted by Crippen LogP contribution is -2.73. The fraction of sp³-hybridized carbons (Fsp3) is 1.00. The van der Waals surface area contributed by atoms with Gasteiger partial charge in [0.1, 0.15) is 0 Å². The summed E-state index contributed by atoms with van der Waals surface area (Å²) in [6.07, 6.45) is 6.52. The lowest BCUT2D eigenvalue weighted by molar-refractivity contribution is -0.130. The summed E-state index contributed by atoms with van der Waals surface area (Å²) in [5.41, 5.74) is 7.08. The minimum Gasteiger partial charge on any atom is -0.327 e. The monoisotopic (exact) mass is 210 g/mol. The second kappa shape index (κ2) is 3.74. The van der Waals surface area contributed by atoms with Crippen LogP contribution in [0.3, 0.4) is 0 Å². The predicted molar refractivity (Wildman–Crippen MR) is 64.8 cm³/mol. The maximum Gasteiger partial charge on any atom is 0.0179 e. The Kier molecular flexibility index (Phi) is 2.85. The Balaban J connectivity index is 1.91. The molecule has 88 valence electrons. The van der Waals surface area contributed by atoms with Gasteiger partial charge in [0.2, 0.25) is 0 Å². The lowest BCUT2D eigenvalue weighted by atomic mass is 9.58. The molecule has 0 aromatic rings. The molecule has 15 heavy (non-hydrogen) atoms. The summed E-state index contributed by atoms with van der Waals surface area (Å²) in [6.45, 7) is 9.56. The first kappa shape index (κ1) is 11.4. The van der Waals surface area contributed by atoms with E-state index < -0.39 is 0 Å². The predicted octanol–water partition coefficient (Wildman–Crippen LogP) is 2.38. The van der Waals surface area contributed by atoms with Crippen molar-refractivity contribution in [2.45, 2.75) is 64.5 Å². The van der Waals surface area contributed by atoms with Crippen molar-refractivity contribution in [2.24, 2.45) is 11.1 Å². The topological polar surface area (TPSA) is 29.3 Å². The van der Waals surface area contributed by atoms with E-state index in [0.29, 0.717) is 17.0 Å². The van der Waals surface area contributed by atoms with Crippen molar-refractivity contribution in [3.05, 3.63) is 0 Å². The van der Waals surface area contributed by atoms with Gasteiger partial charge in [-0.2, -0.15) is 0 Å². The van der Waals surface area contributed by atoms with E-state index in [-0.39, 0.29) is 0 Å². The van der Waals surface area contributed by atoms with Gasteiger partial charge in [0.15, 0.2) is 0 Å². The molecule has 1 spiro atoms. The molecule has 2 nitrogen and oxygen atoms in total. The highest BCUT2D eigenvalue weighted by Crippen LogP contribution is 2.50. The van der Waals surface area contributed by atoms with Crippen LogP contribution >= 0.6 is 0 Å². The van der Waals surface area contributed by atoms with Crippen molar-refractivity contribution in [2.75, 3.05) is 13.1 Å². The Morgan fingerprint density at radius 2 is 2.07 bits per heavy atom. The van der Waals surface area contributed by atoms with E-state index >= 15 is 0 Å². The zero-order valence-corrected chi connectivity index (χ0v) is 10.6. The first-order valence-corrected chi connectivity index (χ1v) is 6.57. The molecule has 2 rings (SSSR count). The number of nitrogens with zero attached hydrogens (tertiary/aromatic N) is 1. The molecule has 1 aliphatic heterocycles. The molecule has 1 saturated heterocycles. The third-order valence-corrected chi connectivity index (χ3v) is 5.06. The molecule has 1 heterocycles. The Morgan fingerprint density at radius 1 is 1.40 bits per heavy atom. The van der Waals surface area contributed by atoms with Gasteiger partial charge in [-0.3, -0.25) is 4.90 Å². The average Bonchev–Trinajstić information content (AvgIpc) is 2.14. The maximum atomic E-state index is 6.11. The number of hydrogen-bond acceptors (Lipinski definition) is 2. The molecule has 0 radical (unpaired) electrons. The third-order valence-electron chi connectivity index (χ3n) is 5.06. The minimum absolute atomic E-state index is 0.440. The van der Waals surface area contributed by atoms with Crippen molar-refractivity contribution in [3.8, 4) is 0 Å². The SMILES string of the molecule is CCCC(C)(CC)N1CC2(CC[C@H]2N)C1. The van der Waals surface area contributed by atoms with Crippen LogP contribution in [0.15, 0.2) is 0 Å². The van der Waals surface area contributed by atoms with Gasteiger partial charge < -0.3 is 5.73 Å². The van der Waals surface area contributed by atoms with E-state index in [0.717, 1.165) is 0 Å². The van der Waals surface area contributed by atoms with E-state index in [1.807, 2.05) is 0 Å². The lowest BCUT2D eigenvalue weighted by Gasteiger charge is -2.64. The van der Waals surface area contributed by atoms with Crippen LogP contribution in [0.4, 0.5) is 0 Å². The summed E-state index contributed by atoms with van der Waals surface area (Å²) in [5, 5.41) is 0. The van der Waals surface area contributed by atoms with Crippen molar-refractivity contribution in [3.63, 3.8) is 0 Å². The number of likely N-dealkylation sites (tertiary alicyclic amines) is 1. The maximum absolute atomic E-state index is 6.11. The van der Waals surface area contributed by atoms with Crippen molar-refractivity contribution < 1.29 is 0 Å². The van der Waals surface area contributed by atoms with Crippen LogP contribution in [0.2, 0.25) is 0 Å². The van der Waals surface area contributed by atoms with Crippen LogP contribution in [0.25, 0.3) is 0 Å². The second-order valence-corrected chi connectivity index (χ2v) is 5.96. The Bertz CT molecular complexity index is 233. The molecule has 1 unspecified atom stereocenters. The summed E-state index contributed by atoms with van der Waals surface area (Å²) in [6, 6.07) is 0.497. The third kappa shape index (κ3) is 1.62. The van der Waals surface area contributed by atoms with Gasteiger partial charge in [-0.1, -0.05) is 20.3 Å². The molecule has 2 atom stereocenters. The molecule has 0 aromatic heterocycles. The van der Waals surface area contributed by atoms with Crippen LogP contribution in [-0.2, 0) is 0 Å². The van der Waals surface area contributed by atoms with Crippen LogP contribution < -0.4 is 5.73 Å². The molecule has 2 N–H and O–H groups in total. The first-order valence-electron chi connectivity index (χ1n) is 6.57. The van der Waals surface area contributed by atoms with E-state index in [1.165, 1.54) is 45.2 Å². The van der Waals surface area contributed by atoms with Gasteiger partial charge in [0, 0.05) is 30.1 Å². The van der Waals surface area contributed by atoms with Gasteiger partial charge >= 0.3 is 0 Å². The van der Waals surface area contributed by atoms with Crippen LogP contribution in [0, 0.1) is 5.41 Å². The van der Waals surface area contributed by atoms with Gasteiger partial charge in [-0.05, 0) is 32.6 Å². The second-order valence-electron chi connectivity index (χ2n) is 5.96. The quantitative estimate of drug-likeness (QED) is 0.772. The Hall–Kier alpha value is -0.0800. The zero-order valence-electron chi connectivity index (χ0n) is 10.6. The zero-order chi connectivity index (χ0) is 11.1.